The molecule has 0 aliphatic rings. The van der Waals surface area contributed by atoms with Gasteiger partial charge in [-0.3, -0.25) is 4.79 Å². The smallest absolute Gasteiger partial charge is 0.326 e. The molecule has 2 N–H and O–H groups in total. The third kappa shape index (κ3) is 7.79. The van der Waals surface area contributed by atoms with Gasteiger partial charge in [-0.2, -0.15) is 0 Å². The zero-order chi connectivity index (χ0) is 17.5. The largest absolute Gasteiger partial charge is 0.480 e. The molecule has 1 aromatic rings. The van der Waals surface area contributed by atoms with Crippen LogP contribution in [0.15, 0.2) is 24.3 Å². The lowest BCUT2D eigenvalue weighted by molar-refractivity contribution is -0.142. The molecule has 0 spiro atoms. The Kier molecular flexibility index (Phi) is 7.23. The molecular formula is C18H27NO4. The second-order valence-electron chi connectivity index (χ2n) is 6.55. The van der Waals surface area contributed by atoms with Crippen molar-refractivity contribution in [1.82, 2.24) is 5.32 Å². The van der Waals surface area contributed by atoms with Gasteiger partial charge in [0.15, 0.2) is 0 Å². The number of carboxylic acid groups (broad SMARTS) is 1. The van der Waals surface area contributed by atoms with E-state index in [1.54, 1.807) is 0 Å². The number of benzene rings is 1. The third-order valence-corrected chi connectivity index (χ3v) is 3.37. The minimum atomic E-state index is -1.04. The molecule has 0 bridgehead atoms. The van der Waals surface area contributed by atoms with Gasteiger partial charge in [0.1, 0.15) is 6.04 Å². The number of carbonyl (C=O) groups is 2. The average Bonchev–Trinajstić information content (AvgIpc) is 2.45. The Balaban J connectivity index is 2.51. The van der Waals surface area contributed by atoms with E-state index in [9.17, 15) is 14.7 Å². The van der Waals surface area contributed by atoms with E-state index in [0.717, 1.165) is 12.0 Å². The third-order valence-electron chi connectivity index (χ3n) is 3.37. The number of carboxylic acids is 1. The monoisotopic (exact) mass is 321 g/mol. The van der Waals surface area contributed by atoms with Gasteiger partial charge in [-0.05, 0) is 38.3 Å². The van der Waals surface area contributed by atoms with Crippen LogP contribution in [0.3, 0.4) is 0 Å². The van der Waals surface area contributed by atoms with Gasteiger partial charge in [0.05, 0.1) is 12.0 Å². The molecule has 128 valence electrons. The van der Waals surface area contributed by atoms with Crippen LogP contribution in [0.5, 0.6) is 0 Å². The first kappa shape index (κ1) is 19.2. The normalized spacial score (nSPS) is 12.7. The van der Waals surface area contributed by atoms with Gasteiger partial charge in [-0.1, -0.05) is 31.2 Å². The molecular weight excluding hydrogens is 294 g/mol. The van der Waals surface area contributed by atoms with Gasteiger partial charge >= 0.3 is 5.97 Å². The maximum absolute atomic E-state index is 12.0. The number of ether oxygens (including phenoxy) is 1. The molecule has 0 radical (unpaired) electrons. The lowest BCUT2D eigenvalue weighted by Gasteiger charge is -2.21. The number of carbonyl (C=O) groups excluding carboxylic acids is 1. The average molecular weight is 321 g/mol. The number of aliphatic carboxylic acids is 1. The van der Waals surface area contributed by atoms with Crippen molar-refractivity contribution in [2.24, 2.45) is 0 Å². The second kappa shape index (κ2) is 8.67. The molecule has 0 heterocycles. The molecule has 0 fully saturated rings. The molecule has 5 heteroatoms. The summed E-state index contributed by atoms with van der Waals surface area (Å²) in [6, 6.07) is 6.83. The number of aryl methyl sites for hydroxylation is 1. The summed E-state index contributed by atoms with van der Waals surface area (Å²) in [5, 5.41) is 11.8. The summed E-state index contributed by atoms with van der Waals surface area (Å²) < 4.78 is 5.52. The second-order valence-corrected chi connectivity index (χ2v) is 6.55. The van der Waals surface area contributed by atoms with E-state index in [2.05, 4.69) is 12.2 Å². The van der Waals surface area contributed by atoms with Gasteiger partial charge in [-0.15, -0.1) is 0 Å². The summed E-state index contributed by atoms with van der Waals surface area (Å²) >= 11 is 0. The van der Waals surface area contributed by atoms with Crippen LogP contribution in [0.1, 0.15) is 45.2 Å². The van der Waals surface area contributed by atoms with Crippen molar-refractivity contribution in [1.29, 1.82) is 0 Å². The maximum Gasteiger partial charge on any atom is 0.326 e. The minimum absolute atomic E-state index is 0.175. The lowest BCUT2D eigenvalue weighted by atomic mass is 10.1. The fourth-order valence-corrected chi connectivity index (χ4v) is 2.06. The van der Waals surface area contributed by atoms with Crippen molar-refractivity contribution in [3.8, 4) is 0 Å². The van der Waals surface area contributed by atoms with Crippen LogP contribution in [0.4, 0.5) is 0 Å². The highest BCUT2D eigenvalue weighted by Gasteiger charge is 2.21. The summed E-state index contributed by atoms with van der Waals surface area (Å²) in [7, 11) is 0. The van der Waals surface area contributed by atoms with Gasteiger partial charge in [0.2, 0.25) is 5.91 Å². The van der Waals surface area contributed by atoms with E-state index >= 15 is 0 Å². The highest BCUT2D eigenvalue weighted by atomic mass is 16.5. The first-order valence-electron chi connectivity index (χ1n) is 7.95. The summed E-state index contributed by atoms with van der Waals surface area (Å²) in [6.45, 7) is 8.06. The van der Waals surface area contributed by atoms with Crippen LogP contribution in [0.2, 0.25) is 0 Å². The molecule has 5 nitrogen and oxygen atoms in total. The van der Waals surface area contributed by atoms with E-state index < -0.39 is 12.0 Å². The fourth-order valence-electron chi connectivity index (χ4n) is 2.06. The standard InChI is InChI=1S/C18H27NO4/c1-5-13-6-8-14(9-7-13)12-16(20)19-15(17(21)22)10-11-23-18(2,3)4/h6-9,15H,5,10-12H2,1-4H3,(H,19,20)(H,21,22). The Hall–Kier alpha value is -1.88. The van der Waals surface area contributed by atoms with E-state index in [0.29, 0.717) is 0 Å². The van der Waals surface area contributed by atoms with Crippen LogP contribution in [-0.4, -0.2) is 35.2 Å². The summed E-state index contributed by atoms with van der Waals surface area (Å²) in [5.41, 5.74) is 1.75. The van der Waals surface area contributed by atoms with Crippen LogP contribution in [0.25, 0.3) is 0 Å². The molecule has 1 unspecified atom stereocenters. The molecule has 1 atom stereocenters. The molecule has 0 saturated carbocycles. The number of amides is 1. The predicted octanol–water partition coefficient (Wildman–Crippen LogP) is 2.57. The molecule has 1 aromatic carbocycles. The van der Waals surface area contributed by atoms with Crippen molar-refractivity contribution < 1.29 is 19.4 Å². The Morgan fingerprint density at radius 2 is 1.74 bits per heavy atom. The van der Waals surface area contributed by atoms with Crippen LogP contribution >= 0.6 is 0 Å². The Bertz CT molecular complexity index is 517. The number of nitrogens with one attached hydrogen (secondary N) is 1. The first-order chi connectivity index (χ1) is 10.7. The molecule has 1 amide bonds. The van der Waals surface area contributed by atoms with Crippen LogP contribution in [0, 0.1) is 0 Å². The molecule has 1 rings (SSSR count). The SMILES string of the molecule is CCc1ccc(CC(=O)NC(CCOC(C)(C)C)C(=O)O)cc1. The highest BCUT2D eigenvalue weighted by molar-refractivity contribution is 5.84. The van der Waals surface area contributed by atoms with E-state index in [4.69, 9.17) is 4.74 Å². The van der Waals surface area contributed by atoms with E-state index in [-0.39, 0.29) is 31.0 Å². The van der Waals surface area contributed by atoms with Gasteiger partial charge in [-0.25, -0.2) is 4.79 Å². The Labute approximate surface area is 138 Å². The maximum atomic E-state index is 12.0. The number of rotatable bonds is 8. The van der Waals surface area contributed by atoms with Gasteiger partial charge in [0, 0.05) is 13.0 Å². The summed E-state index contributed by atoms with van der Waals surface area (Å²) in [6.07, 6.45) is 1.36. The summed E-state index contributed by atoms with van der Waals surface area (Å²) in [5.74, 6) is -1.34. The molecule has 0 aromatic heterocycles. The molecule has 23 heavy (non-hydrogen) atoms. The summed E-state index contributed by atoms with van der Waals surface area (Å²) in [4.78, 5) is 23.3. The van der Waals surface area contributed by atoms with Crippen LogP contribution in [-0.2, 0) is 27.2 Å². The molecule has 0 aliphatic heterocycles. The van der Waals surface area contributed by atoms with Crippen molar-refractivity contribution in [2.45, 2.75) is 58.6 Å². The van der Waals surface area contributed by atoms with Crippen molar-refractivity contribution >= 4 is 11.9 Å². The van der Waals surface area contributed by atoms with Crippen molar-refractivity contribution in [3.05, 3.63) is 35.4 Å². The number of hydrogen-bond acceptors (Lipinski definition) is 3. The van der Waals surface area contributed by atoms with Gasteiger partial charge in [0.25, 0.3) is 0 Å². The minimum Gasteiger partial charge on any atom is -0.480 e. The fraction of sp³-hybridized carbons (Fsp3) is 0.556. The van der Waals surface area contributed by atoms with Crippen LogP contribution < -0.4 is 5.32 Å². The first-order valence-corrected chi connectivity index (χ1v) is 7.95. The zero-order valence-corrected chi connectivity index (χ0v) is 14.4. The molecule has 0 aliphatic carbocycles. The Morgan fingerprint density at radius 3 is 2.22 bits per heavy atom. The topological polar surface area (TPSA) is 75.6 Å². The van der Waals surface area contributed by atoms with E-state index in [1.807, 2.05) is 45.0 Å². The van der Waals surface area contributed by atoms with Crippen molar-refractivity contribution in [2.75, 3.05) is 6.61 Å². The van der Waals surface area contributed by atoms with Gasteiger partial charge < -0.3 is 15.2 Å². The van der Waals surface area contributed by atoms with E-state index in [1.165, 1.54) is 5.56 Å². The highest BCUT2D eigenvalue weighted by Crippen LogP contribution is 2.09. The zero-order valence-electron chi connectivity index (χ0n) is 14.4. The quantitative estimate of drug-likeness (QED) is 0.771. The number of hydrogen-bond donors (Lipinski definition) is 2. The van der Waals surface area contributed by atoms with Crippen molar-refractivity contribution in [3.63, 3.8) is 0 Å². The Morgan fingerprint density at radius 1 is 1.17 bits per heavy atom. The predicted molar refractivity (Wildman–Crippen MR) is 89.4 cm³/mol. The lowest BCUT2D eigenvalue weighted by Crippen LogP contribution is -2.42. The molecule has 0 saturated heterocycles.